The Morgan fingerprint density at radius 1 is 1.03 bits per heavy atom. The van der Waals surface area contributed by atoms with Gasteiger partial charge < -0.3 is 0 Å². The lowest BCUT2D eigenvalue weighted by Crippen LogP contribution is -2.63. The van der Waals surface area contributed by atoms with Crippen LogP contribution < -0.4 is 10.0 Å². The summed E-state index contributed by atoms with van der Waals surface area (Å²) in [7, 11) is 0. The van der Waals surface area contributed by atoms with E-state index in [1.165, 1.54) is 48.1 Å². The zero-order chi connectivity index (χ0) is 26.5. The first-order valence-corrected chi connectivity index (χ1v) is 15.0. The van der Waals surface area contributed by atoms with E-state index in [0.717, 1.165) is 45.2 Å². The van der Waals surface area contributed by atoms with E-state index in [1.807, 2.05) is 13.0 Å². The highest BCUT2D eigenvalue weighted by molar-refractivity contribution is 5.93. The molecule has 6 rings (SSSR count). The molecule has 4 nitrogen and oxygen atoms in total. The van der Waals surface area contributed by atoms with Crippen molar-refractivity contribution in [1.29, 1.82) is 0 Å². The van der Waals surface area contributed by atoms with E-state index in [2.05, 4.69) is 48.5 Å². The van der Waals surface area contributed by atoms with Crippen LogP contribution in [0.1, 0.15) is 96.5 Å². The fourth-order valence-electron chi connectivity index (χ4n) is 9.15. The number of nitrogens with zero attached hydrogens (tertiary/aromatic N) is 1. The van der Waals surface area contributed by atoms with Crippen molar-refractivity contribution in [3.8, 4) is 11.8 Å². The zero-order valence-electron chi connectivity index (χ0n) is 23.4. The lowest BCUT2D eigenvalue weighted by atomic mass is 9.52. The maximum absolute atomic E-state index is 12.3. The number of amides is 1. The number of carbonyl (C=O) groups excluding carboxylic acids is 2. The molecular formula is C34H43N2O2+. The van der Waals surface area contributed by atoms with Crippen LogP contribution in [0.4, 0.5) is 5.69 Å². The Morgan fingerprint density at radius 3 is 2.50 bits per heavy atom. The normalized spacial score (nSPS) is 33.8. The van der Waals surface area contributed by atoms with Gasteiger partial charge in [0.1, 0.15) is 13.1 Å². The van der Waals surface area contributed by atoms with Crippen molar-refractivity contribution >= 4 is 17.4 Å². The predicted molar refractivity (Wildman–Crippen MR) is 153 cm³/mol. The summed E-state index contributed by atoms with van der Waals surface area (Å²) in [5.74, 6) is 9.36. The van der Waals surface area contributed by atoms with Crippen molar-refractivity contribution in [1.82, 2.24) is 10.0 Å². The molecule has 200 valence electrons. The van der Waals surface area contributed by atoms with Crippen LogP contribution in [0.3, 0.4) is 0 Å². The molecular weight excluding hydrogens is 468 g/mol. The predicted octanol–water partition coefficient (Wildman–Crippen LogP) is 6.77. The number of nitrogens with one attached hydrogen (secondary N) is 1. The van der Waals surface area contributed by atoms with E-state index in [1.54, 1.807) is 12.5 Å². The molecule has 0 unspecified atom stereocenters. The van der Waals surface area contributed by atoms with E-state index < -0.39 is 0 Å². The number of benzene rings is 1. The molecule has 5 atom stereocenters. The van der Waals surface area contributed by atoms with Crippen LogP contribution in [0.5, 0.6) is 0 Å². The van der Waals surface area contributed by atoms with Crippen LogP contribution >= 0.6 is 0 Å². The van der Waals surface area contributed by atoms with E-state index in [9.17, 15) is 9.59 Å². The molecule has 1 saturated heterocycles. The van der Waals surface area contributed by atoms with Gasteiger partial charge in [-0.3, -0.25) is 9.59 Å². The molecule has 38 heavy (non-hydrogen) atoms. The fourth-order valence-corrected chi connectivity index (χ4v) is 9.15. The largest absolute Gasteiger partial charge is 0.295 e. The zero-order valence-corrected chi connectivity index (χ0v) is 23.4. The molecule has 4 aliphatic carbocycles. The van der Waals surface area contributed by atoms with Crippen molar-refractivity contribution in [2.75, 3.05) is 13.1 Å². The first kappa shape index (κ1) is 25.6. The average Bonchev–Trinajstić information content (AvgIpc) is 3.24. The van der Waals surface area contributed by atoms with Crippen LogP contribution in [0.2, 0.25) is 0 Å². The number of rotatable bonds is 3. The molecule has 0 bridgehead atoms. The third-order valence-corrected chi connectivity index (χ3v) is 10.8. The van der Waals surface area contributed by atoms with Crippen LogP contribution in [0.25, 0.3) is 0 Å². The topological polar surface area (TPSA) is 46.2 Å². The molecule has 0 radical (unpaired) electrons. The quantitative estimate of drug-likeness (QED) is 0.360. The second kappa shape index (κ2) is 9.83. The first-order chi connectivity index (χ1) is 18.3. The summed E-state index contributed by atoms with van der Waals surface area (Å²) in [4.78, 5) is 24.5. The third kappa shape index (κ3) is 4.19. The monoisotopic (exact) mass is 511 g/mol. The standard InChI is InChI=1S/C34H42N2O2/c1-4-8-26-12-18-32-30-16-11-25-21-28(38)15-17-29(25)33(30)31(22-34(26,32)3)24-9-13-27(14-10-24)36(35-23(2)37)19-6-5-7-20-36/h9-10,13-14,21,26,30-32H,5-7,11-12,15-20,22H2,1-3H3/p+1/t26-,30-,31+,32-,34+/m0/s1. The Bertz CT molecular complexity index is 1250. The van der Waals surface area contributed by atoms with Crippen LogP contribution in [-0.2, 0) is 9.59 Å². The molecule has 1 aliphatic heterocycles. The number of hydrogen-bond acceptors (Lipinski definition) is 2. The Morgan fingerprint density at radius 2 is 1.79 bits per heavy atom. The molecule has 5 aliphatic rings. The van der Waals surface area contributed by atoms with Gasteiger partial charge in [0.15, 0.2) is 11.5 Å². The molecule has 1 amide bonds. The summed E-state index contributed by atoms with van der Waals surface area (Å²) < 4.78 is 0.569. The highest BCUT2D eigenvalue weighted by Gasteiger charge is 2.56. The minimum absolute atomic E-state index is 0.0368. The maximum atomic E-state index is 12.3. The number of allylic oxidation sites excluding steroid dienone is 4. The number of carbonyl (C=O) groups is 2. The van der Waals surface area contributed by atoms with Crippen LogP contribution in [-0.4, -0.2) is 24.8 Å². The van der Waals surface area contributed by atoms with Crippen molar-refractivity contribution < 1.29 is 9.59 Å². The molecule has 4 heteroatoms. The van der Waals surface area contributed by atoms with Gasteiger partial charge in [-0.25, -0.2) is 0 Å². The van der Waals surface area contributed by atoms with Crippen molar-refractivity contribution in [3.05, 3.63) is 52.6 Å². The summed E-state index contributed by atoms with van der Waals surface area (Å²) in [5, 5.41) is 0. The fraction of sp³-hybridized carbons (Fsp3) is 0.588. The van der Waals surface area contributed by atoms with Crippen LogP contribution in [0, 0.1) is 35.0 Å². The molecule has 0 aromatic heterocycles. The maximum Gasteiger partial charge on any atom is 0.262 e. The molecule has 3 fully saturated rings. The van der Waals surface area contributed by atoms with E-state index in [-0.39, 0.29) is 11.3 Å². The van der Waals surface area contributed by atoms with Crippen molar-refractivity contribution in [3.63, 3.8) is 0 Å². The summed E-state index contributed by atoms with van der Waals surface area (Å²) in [5.41, 5.74) is 10.6. The molecule has 1 N–H and O–H groups in total. The highest BCUT2D eigenvalue weighted by Crippen LogP contribution is 2.65. The average molecular weight is 512 g/mol. The van der Waals surface area contributed by atoms with Gasteiger partial charge in [-0.05, 0) is 105 Å². The third-order valence-electron chi connectivity index (χ3n) is 10.8. The number of quaternary nitrogens is 1. The Balaban J connectivity index is 1.43. The summed E-state index contributed by atoms with van der Waals surface area (Å²) >= 11 is 0. The smallest absolute Gasteiger partial charge is 0.262 e. The minimum Gasteiger partial charge on any atom is -0.295 e. The minimum atomic E-state index is 0.0368. The Labute approximate surface area is 228 Å². The number of fused-ring (bicyclic) bond motifs is 4. The van der Waals surface area contributed by atoms with Gasteiger partial charge in [0.2, 0.25) is 0 Å². The summed E-state index contributed by atoms with van der Waals surface area (Å²) in [6.45, 7) is 8.08. The Kier molecular flexibility index (Phi) is 6.63. The first-order valence-electron chi connectivity index (χ1n) is 15.0. The van der Waals surface area contributed by atoms with Gasteiger partial charge in [0.05, 0.1) is 0 Å². The highest BCUT2D eigenvalue weighted by atomic mass is 16.2. The second-order valence-electron chi connectivity index (χ2n) is 12.8. The molecule has 1 heterocycles. The number of ketones is 1. The number of hydrogen-bond donors (Lipinski definition) is 1. The van der Waals surface area contributed by atoms with Crippen LogP contribution in [0.15, 0.2) is 47.1 Å². The van der Waals surface area contributed by atoms with Gasteiger partial charge in [-0.1, -0.05) is 30.6 Å². The molecule has 2 saturated carbocycles. The van der Waals surface area contributed by atoms with Gasteiger partial charge in [-0.2, -0.15) is 10.0 Å². The molecule has 1 aromatic rings. The SMILES string of the molecule is CC#C[C@H]1CC[C@H]2[C@@H]3CCC4=CC(=O)CCC4=C3[C@@H](c3ccc([N+]4(NC(C)=O)CCCCC4)cc3)C[C@]12C. The van der Waals surface area contributed by atoms with Gasteiger partial charge in [0.25, 0.3) is 5.91 Å². The van der Waals surface area contributed by atoms with Crippen molar-refractivity contribution in [2.24, 2.45) is 23.2 Å². The summed E-state index contributed by atoms with van der Waals surface area (Å²) in [6.07, 6.45) is 12.9. The van der Waals surface area contributed by atoms with E-state index in [4.69, 9.17) is 0 Å². The van der Waals surface area contributed by atoms with Crippen molar-refractivity contribution in [2.45, 2.75) is 90.9 Å². The number of piperidine rings is 1. The second-order valence-corrected chi connectivity index (χ2v) is 12.8. The molecule has 0 spiro atoms. The Hall–Kier alpha value is -2.64. The van der Waals surface area contributed by atoms with E-state index >= 15 is 0 Å². The van der Waals surface area contributed by atoms with Gasteiger partial charge in [0, 0.05) is 37.3 Å². The summed E-state index contributed by atoms with van der Waals surface area (Å²) in [6, 6.07) is 9.28. The lowest BCUT2D eigenvalue weighted by molar-refractivity contribution is -0.123. The molecule has 1 aromatic carbocycles. The van der Waals surface area contributed by atoms with Gasteiger partial charge >= 0.3 is 0 Å². The van der Waals surface area contributed by atoms with Gasteiger partial charge in [-0.15, -0.1) is 5.92 Å². The van der Waals surface area contributed by atoms with E-state index in [0.29, 0.717) is 40.5 Å². The lowest BCUT2D eigenvalue weighted by Gasteiger charge is -2.52.